The monoisotopic (exact) mass is 359 g/mol. The van der Waals surface area contributed by atoms with Crippen molar-refractivity contribution >= 4 is 21.8 Å². The molecular formula is C18H18BrNO2. The molecule has 0 aliphatic heterocycles. The van der Waals surface area contributed by atoms with Crippen LogP contribution in [0.15, 0.2) is 65.7 Å². The molecule has 0 saturated carbocycles. The topological polar surface area (TPSA) is 38.3 Å². The number of ether oxygens (including phenoxy) is 1. The van der Waals surface area contributed by atoms with Crippen LogP contribution in [0.3, 0.4) is 0 Å². The fourth-order valence-electron chi connectivity index (χ4n) is 1.99. The number of hydrogen-bond acceptors (Lipinski definition) is 2. The summed E-state index contributed by atoms with van der Waals surface area (Å²) in [6.45, 7) is 4.54. The van der Waals surface area contributed by atoms with Crippen molar-refractivity contribution in [1.29, 1.82) is 0 Å². The number of carbonyl (C=O) groups excluding carboxylic acids is 1. The fourth-order valence-corrected chi connectivity index (χ4v) is 2.35. The molecule has 0 aromatic heterocycles. The molecule has 0 aliphatic rings. The Balaban J connectivity index is 2.03. The van der Waals surface area contributed by atoms with E-state index < -0.39 is 0 Å². The van der Waals surface area contributed by atoms with Crippen LogP contribution in [-0.2, 0) is 6.42 Å². The van der Waals surface area contributed by atoms with Crippen LogP contribution in [0, 0.1) is 0 Å². The van der Waals surface area contributed by atoms with Crippen LogP contribution in [0.1, 0.15) is 15.9 Å². The molecule has 2 aromatic carbocycles. The minimum atomic E-state index is -0.170. The first-order valence-corrected chi connectivity index (χ1v) is 7.85. The van der Waals surface area contributed by atoms with Crippen molar-refractivity contribution in [1.82, 2.24) is 5.32 Å². The van der Waals surface area contributed by atoms with E-state index in [0.29, 0.717) is 24.5 Å². The van der Waals surface area contributed by atoms with Crippen molar-refractivity contribution in [3.05, 3.63) is 76.8 Å². The number of halogens is 1. The maximum Gasteiger partial charge on any atom is 0.255 e. The number of hydrogen-bond donors (Lipinski definition) is 1. The third-order valence-corrected chi connectivity index (χ3v) is 3.58. The Labute approximate surface area is 139 Å². The number of nitrogens with one attached hydrogen (secondary N) is 1. The first-order chi connectivity index (χ1) is 10.7. The first-order valence-electron chi connectivity index (χ1n) is 7.06. The number of rotatable bonds is 7. The maximum atomic E-state index is 12.2. The Hall–Kier alpha value is -2.07. The lowest BCUT2D eigenvalue weighted by Crippen LogP contribution is -2.24. The molecule has 3 nitrogen and oxygen atoms in total. The summed E-state index contributed by atoms with van der Waals surface area (Å²) in [7, 11) is 0. The Morgan fingerprint density at radius 2 is 2.00 bits per heavy atom. The SMILES string of the molecule is C=CCNC(=O)c1cc(Br)ccc1OCCc1ccccc1. The fraction of sp³-hybridized carbons (Fsp3) is 0.167. The third-order valence-electron chi connectivity index (χ3n) is 3.08. The molecule has 2 rings (SSSR count). The molecule has 0 unspecified atom stereocenters. The van der Waals surface area contributed by atoms with Gasteiger partial charge in [-0.2, -0.15) is 0 Å². The zero-order valence-corrected chi connectivity index (χ0v) is 13.8. The van der Waals surface area contributed by atoms with Crippen molar-refractivity contribution in [3.8, 4) is 5.75 Å². The summed E-state index contributed by atoms with van der Waals surface area (Å²) in [5.74, 6) is 0.414. The van der Waals surface area contributed by atoms with Gasteiger partial charge in [-0.3, -0.25) is 4.79 Å². The number of benzene rings is 2. The molecule has 0 spiro atoms. The highest BCUT2D eigenvalue weighted by molar-refractivity contribution is 9.10. The van der Waals surface area contributed by atoms with Gasteiger partial charge in [0.05, 0.1) is 12.2 Å². The van der Waals surface area contributed by atoms with Crippen LogP contribution in [0.5, 0.6) is 5.75 Å². The van der Waals surface area contributed by atoms with Gasteiger partial charge in [0.1, 0.15) is 5.75 Å². The van der Waals surface area contributed by atoms with Gasteiger partial charge in [0.25, 0.3) is 5.91 Å². The van der Waals surface area contributed by atoms with Crippen molar-refractivity contribution in [2.24, 2.45) is 0 Å². The predicted molar refractivity (Wildman–Crippen MR) is 92.3 cm³/mol. The molecule has 0 atom stereocenters. The summed E-state index contributed by atoms with van der Waals surface area (Å²) in [5, 5.41) is 2.77. The summed E-state index contributed by atoms with van der Waals surface area (Å²) in [6.07, 6.45) is 2.44. The lowest BCUT2D eigenvalue weighted by atomic mass is 10.1. The van der Waals surface area contributed by atoms with E-state index in [1.54, 1.807) is 18.2 Å². The minimum Gasteiger partial charge on any atom is -0.492 e. The van der Waals surface area contributed by atoms with Crippen molar-refractivity contribution in [2.45, 2.75) is 6.42 Å². The second-order valence-electron chi connectivity index (χ2n) is 4.72. The Kier molecular flexibility index (Phi) is 6.22. The van der Waals surface area contributed by atoms with Crippen molar-refractivity contribution < 1.29 is 9.53 Å². The molecule has 1 N–H and O–H groups in total. The zero-order chi connectivity index (χ0) is 15.8. The summed E-state index contributed by atoms with van der Waals surface area (Å²) < 4.78 is 6.63. The Bertz CT molecular complexity index is 641. The molecule has 0 aliphatic carbocycles. The predicted octanol–water partition coefficient (Wildman–Crippen LogP) is 3.99. The van der Waals surface area contributed by atoms with Crippen LogP contribution in [0.4, 0.5) is 0 Å². The molecule has 0 radical (unpaired) electrons. The van der Waals surface area contributed by atoms with E-state index in [0.717, 1.165) is 10.9 Å². The van der Waals surface area contributed by atoms with Gasteiger partial charge < -0.3 is 10.1 Å². The van der Waals surface area contributed by atoms with Gasteiger partial charge in [0.15, 0.2) is 0 Å². The van der Waals surface area contributed by atoms with E-state index in [2.05, 4.69) is 40.0 Å². The average molecular weight is 360 g/mol. The van der Waals surface area contributed by atoms with Crippen molar-refractivity contribution in [2.75, 3.05) is 13.2 Å². The lowest BCUT2D eigenvalue weighted by Gasteiger charge is -2.12. The highest BCUT2D eigenvalue weighted by atomic mass is 79.9. The Morgan fingerprint density at radius 3 is 2.73 bits per heavy atom. The van der Waals surface area contributed by atoms with Gasteiger partial charge in [-0.05, 0) is 23.8 Å². The second kappa shape index (κ2) is 8.39. The van der Waals surface area contributed by atoms with Gasteiger partial charge in [0.2, 0.25) is 0 Å². The lowest BCUT2D eigenvalue weighted by molar-refractivity contribution is 0.0954. The normalized spacial score (nSPS) is 10.0. The summed E-state index contributed by atoms with van der Waals surface area (Å²) in [6, 6.07) is 15.5. The maximum absolute atomic E-state index is 12.2. The van der Waals surface area contributed by atoms with Crippen LogP contribution in [0.2, 0.25) is 0 Å². The molecule has 4 heteroatoms. The van der Waals surface area contributed by atoms with Gasteiger partial charge in [-0.1, -0.05) is 52.3 Å². The first kappa shape index (κ1) is 16.3. The summed E-state index contributed by atoms with van der Waals surface area (Å²) in [5.41, 5.74) is 1.72. The molecule has 2 aromatic rings. The van der Waals surface area contributed by atoms with E-state index in [1.807, 2.05) is 24.3 Å². The van der Waals surface area contributed by atoms with Crippen molar-refractivity contribution in [3.63, 3.8) is 0 Å². The quantitative estimate of drug-likeness (QED) is 0.759. The Morgan fingerprint density at radius 1 is 1.23 bits per heavy atom. The largest absolute Gasteiger partial charge is 0.492 e. The van der Waals surface area contributed by atoms with Gasteiger partial charge >= 0.3 is 0 Å². The highest BCUT2D eigenvalue weighted by Crippen LogP contribution is 2.23. The van der Waals surface area contributed by atoms with Gasteiger partial charge in [-0.15, -0.1) is 6.58 Å². The summed E-state index contributed by atoms with van der Waals surface area (Å²) >= 11 is 3.38. The van der Waals surface area contributed by atoms with Crippen LogP contribution >= 0.6 is 15.9 Å². The van der Waals surface area contributed by atoms with Gasteiger partial charge in [0, 0.05) is 17.4 Å². The minimum absolute atomic E-state index is 0.170. The molecule has 22 heavy (non-hydrogen) atoms. The molecular weight excluding hydrogens is 342 g/mol. The van der Waals surface area contributed by atoms with Crippen LogP contribution in [-0.4, -0.2) is 19.1 Å². The smallest absolute Gasteiger partial charge is 0.255 e. The van der Waals surface area contributed by atoms with E-state index in [9.17, 15) is 4.79 Å². The number of carbonyl (C=O) groups is 1. The van der Waals surface area contributed by atoms with E-state index in [4.69, 9.17) is 4.74 Å². The third kappa shape index (κ3) is 4.74. The standard InChI is InChI=1S/C18H18BrNO2/c1-2-11-20-18(21)16-13-15(19)8-9-17(16)22-12-10-14-6-4-3-5-7-14/h2-9,13H,1,10-12H2,(H,20,21). The molecule has 114 valence electrons. The second-order valence-corrected chi connectivity index (χ2v) is 5.64. The van der Waals surface area contributed by atoms with E-state index >= 15 is 0 Å². The van der Waals surface area contributed by atoms with E-state index in [-0.39, 0.29) is 5.91 Å². The molecule has 0 fully saturated rings. The van der Waals surface area contributed by atoms with Crippen LogP contribution < -0.4 is 10.1 Å². The zero-order valence-electron chi connectivity index (χ0n) is 12.2. The molecule has 0 heterocycles. The average Bonchev–Trinajstić information content (AvgIpc) is 2.55. The van der Waals surface area contributed by atoms with Crippen LogP contribution in [0.25, 0.3) is 0 Å². The van der Waals surface area contributed by atoms with E-state index in [1.165, 1.54) is 5.56 Å². The molecule has 0 saturated heterocycles. The molecule has 0 bridgehead atoms. The molecule has 1 amide bonds. The highest BCUT2D eigenvalue weighted by Gasteiger charge is 2.12. The number of amides is 1. The van der Waals surface area contributed by atoms with Gasteiger partial charge in [-0.25, -0.2) is 0 Å². The summed E-state index contributed by atoms with van der Waals surface area (Å²) in [4.78, 5) is 12.2.